The van der Waals surface area contributed by atoms with Crippen LogP contribution in [0.15, 0.2) is 36.9 Å². The zero-order valence-electron chi connectivity index (χ0n) is 14.0. The van der Waals surface area contributed by atoms with Crippen LogP contribution in [0.25, 0.3) is 0 Å². The first-order valence-corrected chi connectivity index (χ1v) is 8.57. The Labute approximate surface area is 142 Å². The van der Waals surface area contributed by atoms with Crippen LogP contribution >= 0.6 is 0 Å². The van der Waals surface area contributed by atoms with Crippen molar-refractivity contribution in [2.75, 3.05) is 32.7 Å². The number of hydrogen-bond acceptors (Lipinski definition) is 3. The van der Waals surface area contributed by atoms with Gasteiger partial charge in [-0.05, 0) is 37.1 Å². The van der Waals surface area contributed by atoms with Crippen molar-refractivity contribution in [3.8, 4) is 0 Å². The Balaban J connectivity index is 1.76. The van der Waals surface area contributed by atoms with Gasteiger partial charge in [-0.25, -0.2) is 4.39 Å². The first-order chi connectivity index (χ1) is 11.5. The molecule has 0 bridgehead atoms. The van der Waals surface area contributed by atoms with Gasteiger partial charge in [-0.15, -0.1) is 6.58 Å². The second-order valence-corrected chi connectivity index (χ2v) is 7.11. The van der Waals surface area contributed by atoms with Crippen LogP contribution in [-0.2, 0) is 11.3 Å². The number of halogens is 1. The van der Waals surface area contributed by atoms with Crippen molar-refractivity contribution in [2.45, 2.75) is 19.4 Å². The minimum atomic E-state index is -0.674. The van der Waals surface area contributed by atoms with E-state index in [2.05, 4.69) is 16.4 Å². The fourth-order valence-corrected chi connectivity index (χ4v) is 4.32. The van der Waals surface area contributed by atoms with Crippen molar-refractivity contribution in [2.24, 2.45) is 11.3 Å². The largest absolute Gasteiger partial charge is 0.481 e. The molecule has 1 aromatic rings. The summed E-state index contributed by atoms with van der Waals surface area (Å²) in [6.45, 7) is 8.18. The van der Waals surface area contributed by atoms with Crippen LogP contribution < -0.4 is 0 Å². The number of nitrogens with zero attached hydrogens (tertiary/aromatic N) is 2. The Hall–Kier alpha value is -1.72. The lowest BCUT2D eigenvalue weighted by Gasteiger charge is -2.29. The summed E-state index contributed by atoms with van der Waals surface area (Å²) >= 11 is 0. The molecule has 5 heteroatoms. The molecule has 0 amide bonds. The predicted octanol–water partition coefficient (Wildman–Crippen LogP) is 2.61. The summed E-state index contributed by atoms with van der Waals surface area (Å²) in [4.78, 5) is 16.5. The standard InChI is InChI=1S/C19H25FN2O2/c1-2-8-22-13-16-12-21(11-15-5-3-6-17(20)10-15)9-4-7-19(16,14-22)18(23)24/h2-3,5-6,10,16H,1,4,7-9,11-14H2,(H,23,24)/t16-,19-/m1/s1. The normalized spacial score (nSPS) is 28.3. The van der Waals surface area contributed by atoms with Gasteiger partial charge in [0.05, 0.1) is 5.41 Å². The number of benzene rings is 1. The second kappa shape index (κ2) is 7.03. The molecule has 130 valence electrons. The summed E-state index contributed by atoms with van der Waals surface area (Å²) in [5.74, 6) is -0.794. The molecule has 4 nitrogen and oxygen atoms in total. The fourth-order valence-electron chi connectivity index (χ4n) is 4.32. The van der Waals surface area contributed by atoms with E-state index in [0.717, 1.165) is 38.2 Å². The quantitative estimate of drug-likeness (QED) is 0.842. The average Bonchev–Trinajstić information content (AvgIpc) is 2.77. The Morgan fingerprint density at radius 1 is 1.42 bits per heavy atom. The van der Waals surface area contributed by atoms with E-state index in [1.165, 1.54) is 6.07 Å². The molecule has 0 spiro atoms. The number of hydrogen-bond donors (Lipinski definition) is 1. The van der Waals surface area contributed by atoms with Gasteiger partial charge in [-0.3, -0.25) is 14.6 Å². The van der Waals surface area contributed by atoms with Gasteiger partial charge in [-0.2, -0.15) is 0 Å². The van der Waals surface area contributed by atoms with Crippen molar-refractivity contribution in [1.82, 2.24) is 9.80 Å². The highest BCUT2D eigenvalue weighted by molar-refractivity contribution is 5.76. The molecule has 1 aromatic carbocycles. The van der Waals surface area contributed by atoms with E-state index in [0.29, 0.717) is 19.5 Å². The first-order valence-electron chi connectivity index (χ1n) is 8.57. The predicted molar refractivity (Wildman–Crippen MR) is 91.1 cm³/mol. The van der Waals surface area contributed by atoms with Crippen LogP contribution in [-0.4, -0.2) is 53.6 Å². The Kier molecular flexibility index (Phi) is 5.01. The van der Waals surface area contributed by atoms with Crippen molar-refractivity contribution in [1.29, 1.82) is 0 Å². The maximum atomic E-state index is 13.4. The van der Waals surface area contributed by atoms with E-state index < -0.39 is 11.4 Å². The molecule has 0 saturated carbocycles. The lowest BCUT2D eigenvalue weighted by molar-refractivity contribution is -0.150. The van der Waals surface area contributed by atoms with Crippen molar-refractivity contribution in [3.05, 3.63) is 48.3 Å². The van der Waals surface area contributed by atoms with Gasteiger partial charge >= 0.3 is 5.97 Å². The number of likely N-dealkylation sites (tertiary alicyclic amines) is 2. The van der Waals surface area contributed by atoms with Crippen LogP contribution in [0.4, 0.5) is 4.39 Å². The van der Waals surface area contributed by atoms with E-state index in [-0.39, 0.29) is 11.7 Å². The van der Waals surface area contributed by atoms with Gasteiger partial charge in [0.1, 0.15) is 5.82 Å². The first kappa shape index (κ1) is 17.1. The molecule has 2 aliphatic rings. The van der Waals surface area contributed by atoms with Crippen molar-refractivity contribution in [3.63, 3.8) is 0 Å². The number of carbonyl (C=O) groups is 1. The van der Waals surface area contributed by atoms with E-state index in [4.69, 9.17) is 0 Å². The molecule has 2 saturated heterocycles. The molecular weight excluding hydrogens is 307 g/mol. The number of rotatable bonds is 5. The highest BCUT2D eigenvalue weighted by atomic mass is 19.1. The maximum absolute atomic E-state index is 13.4. The van der Waals surface area contributed by atoms with Crippen molar-refractivity contribution >= 4 is 5.97 Å². The summed E-state index contributed by atoms with van der Waals surface area (Å²) < 4.78 is 13.4. The molecule has 0 unspecified atom stereocenters. The molecule has 2 fully saturated rings. The Bertz CT molecular complexity index is 621. The Morgan fingerprint density at radius 2 is 2.21 bits per heavy atom. The van der Waals surface area contributed by atoms with Crippen LogP contribution in [0.5, 0.6) is 0 Å². The topological polar surface area (TPSA) is 43.8 Å². The minimum Gasteiger partial charge on any atom is -0.481 e. The van der Waals surface area contributed by atoms with Crippen LogP contribution in [0.1, 0.15) is 18.4 Å². The maximum Gasteiger partial charge on any atom is 0.311 e. The van der Waals surface area contributed by atoms with Gasteiger partial charge in [0.15, 0.2) is 0 Å². The number of carboxylic acid groups (broad SMARTS) is 1. The zero-order chi connectivity index (χ0) is 17.2. The van der Waals surface area contributed by atoms with Gasteiger partial charge in [0.2, 0.25) is 0 Å². The highest BCUT2D eigenvalue weighted by Gasteiger charge is 2.52. The number of aliphatic carboxylic acids is 1. The van der Waals surface area contributed by atoms with E-state index in [1.54, 1.807) is 12.1 Å². The molecule has 2 heterocycles. The van der Waals surface area contributed by atoms with Gasteiger partial charge in [0.25, 0.3) is 0 Å². The molecule has 24 heavy (non-hydrogen) atoms. The second-order valence-electron chi connectivity index (χ2n) is 7.11. The van der Waals surface area contributed by atoms with E-state index in [1.807, 2.05) is 12.1 Å². The monoisotopic (exact) mass is 332 g/mol. The molecule has 1 N–H and O–H groups in total. The molecule has 0 radical (unpaired) electrons. The SMILES string of the molecule is C=CCN1C[C@H]2CN(Cc3cccc(F)c3)CCC[C@@]2(C(=O)O)C1. The molecular formula is C19H25FN2O2. The number of fused-ring (bicyclic) bond motifs is 1. The van der Waals surface area contributed by atoms with Gasteiger partial charge < -0.3 is 5.11 Å². The van der Waals surface area contributed by atoms with Crippen molar-refractivity contribution < 1.29 is 14.3 Å². The fraction of sp³-hybridized carbons (Fsp3) is 0.526. The van der Waals surface area contributed by atoms with Crippen LogP contribution in [0.2, 0.25) is 0 Å². The van der Waals surface area contributed by atoms with Gasteiger partial charge in [-0.1, -0.05) is 18.2 Å². The zero-order valence-corrected chi connectivity index (χ0v) is 14.0. The lowest BCUT2D eigenvalue weighted by Crippen LogP contribution is -2.41. The summed E-state index contributed by atoms with van der Waals surface area (Å²) in [5, 5.41) is 9.90. The molecule has 2 aliphatic heterocycles. The summed E-state index contributed by atoms with van der Waals surface area (Å²) in [6.07, 6.45) is 3.41. The van der Waals surface area contributed by atoms with Gasteiger partial charge in [0, 0.05) is 38.6 Å². The highest BCUT2D eigenvalue weighted by Crippen LogP contribution is 2.43. The molecule has 0 aliphatic carbocycles. The van der Waals surface area contributed by atoms with E-state index in [9.17, 15) is 14.3 Å². The number of carboxylic acids is 1. The smallest absolute Gasteiger partial charge is 0.311 e. The van der Waals surface area contributed by atoms with Crippen LogP contribution in [0.3, 0.4) is 0 Å². The third-order valence-electron chi connectivity index (χ3n) is 5.45. The Morgan fingerprint density at radius 3 is 2.92 bits per heavy atom. The van der Waals surface area contributed by atoms with Crippen LogP contribution in [0, 0.1) is 17.2 Å². The third kappa shape index (κ3) is 3.37. The molecule has 2 atom stereocenters. The molecule has 0 aromatic heterocycles. The molecule has 3 rings (SSSR count). The summed E-state index contributed by atoms with van der Waals surface area (Å²) in [7, 11) is 0. The third-order valence-corrected chi connectivity index (χ3v) is 5.45. The minimum absolute atomic E-state index is 0.103. The average molecular weight is 332 g/mol. The summed E-state index contributed by atoms with van der Waals surface area (Å²) in [6, 6.07) is 6.67. The summed E-state index contributed by atoms with van der Waals surface area (Å²) in [5.41, 5.74) is 0.290. The van der Waals surface area contributed by atoms with E-state index >= 15 is 0 Å². The lowest BCUT2D eigenvalue weighted by atomic mass is 9.75.